The molecule has 5 nitrogen and oxygen atoms in total. The number of rotatable bonds is 6. The largest absolute Gasteiger partial charge is 0.471 e. The number of hydrogen-bond acceptors (Lipinski definition) is 3. The van der Waals surface area contributed by atoms with E-state index in [-0.39, 0.29) is 18.7 Å². The van der Waals surface area contributed by atoms with E-state index in [0.717, 1.165) is 22.1 Å². The molecule has 2 fully saturated rings. The summed E-state index contributed by atoms with van der Waals surface area (Å²) in [6, 6.07) is 9.58. The Bertz CT molecular complexity index is 774. The number of hydrogen-bond donors (Lipinski definition) is 1. The monoisotopic (exact) mass is 417 g/mol. The maximum absolute atomic E-state index is 12.5. The third kappa shape index (κ3) is 3.80. The molecule has 6 heteroatoms. The highest BCUT2D eigenvalue weighted by molar-refractivity contribution is 9.10. The first-order chi connectivity index (χ1) is 12.6. The predicted octanol–water partition coefficient (Wildman–Crippen LogP) is 4.24. The van der Waals surface area contributed by atoms with Gasteiger partial charge in [-0.1, -0.05) is 22.4 Å². The Morgan fingerprint density at radius 3 is 2.81 bits per heavy atom. The highest BCUT2D eigenvalue weighted by Gasteiger charge is 2.42. The number of aromatic nitrogens is 2. The molecule has 0 saturated heterocycles. The normalized spacial score (nSPS) is 25.2. The van der Waals surface area contributed by atoms with Gasteiger partial charge in [-0.15, -0.1) is 0 Å². The van der Waals surface area contributed by atoms with Gasteiger partial charge in [0, 0.05) is 16.7 Å². The van der Waals surface area contributed by atoms with Crippen molar-refractivity contribution >= 4 is 21.8 Å². The number of halogens is 1. The van der Waals surface area contributed by atoms with Crippen LogP contribution in [0.1, 0.15) is 43.1 Å². The van der Waals surface area contributed by atoms with Crippen LogP contribution in [0.5, 0.6) is 5.75 Å². The van der Waals surface area contributed by atoms with Gasteiger partial charge in [0.1, 0.15) is 11.4 Å². The SMILES string of the molecule is CC(NC(=O)c1ccn(COc2ccc(Br)cc2)n1)C1CC2CCC1C2. The van der Waals surface area contributed by atoms with Crippen LogP contribution in [0.2, 0.25) is 0 Å². The van der Waals surface area contributed by atoms with Crippen molar-refractivity contribution in [2.24, 2.45) is 17.8 Å². The van der Waals surface area contributed by atoms with Crippen LogP contribution in [-0.4, -0.2) is 21.7 Å². The molecule has 1 heterocycles. The summed E-state index contributed by atoms with van der Waals surface area (Å²) in [6.45, 7) is 2.41. The van der Waals surface area contributed by atoms with Gasteiger partial charge in [0.05, 0.1) is 0 Å². The van der Waals surface area contributed by atoms with Gasteiger partial charge in [0.15, 0.2) is 6.73 Å². The van der Waals surface area contributed by atoms with Crippen LogP contribution < -0.4 is 10.1 Å². The van der Waals surface area contributed by atoms with Gasteiger partial charge >= 0.3 is 0 Å². The van der Waals surface area contributed by atoms with Crippen LogP contribution in [0.4, 0.5) is 0 Å². The fourth-order valence-corrected chi connectivity index (χ4v) is 4.78. The maximum atomic E-state index is 12.5. The minimum Gasteiger partial charge on any atom is -0.471 e. The molecule has 0 spiro atoms. The first-order valence-electron chi connectivity index (χ1n) is 9.31. The van der Waals surface area contributed by atoms with E-state index >= 15 is 0 Å². The molecule has 1 aromatic carbocycles. The van der Waals surface area contributed by atoms with E-state index in [4.69, 9.17) is 4.74 Å². The van der Waals surface area contributed by atoms with Gasteiger partial charge in [-0.2, -0.15) is 5.10 Å². The van der Waals surface area contributed by atoms with Crippen LogP contribution in [0.25, 0.3) is 0 Å². The molecular formula is C20H24BrN3O2. The number of carbonyl (C=O) groups excluding carboxylic acids is 1. The number of amides is 1. The number of benzene rings is 1. The standard InChI is InChI=1S/C20H24BrN3O2/c1-13(18-11-14-2-3-15(18)10-14)22-20(25)19-8-9-24(23-19)12-26-17-6-4-16(21)5-7-17/h4-9,13-15,18H,2-3,10-12H2,1H3,(H,22,25). The second-order valence-electron chi connectivity index (χ2n) is 7.57. The summed E-state index contributed by atoms with van der Waals surface area (Å²) in [5.74, 6) is 2.98. The van der Waals surface area contributed by atoms with E-state index in [9.17, 15) is 4.79 Å². The van der Waals surface area contributed by atoms with Crippen molar-refractivity contribution in [1.29, 1.82) is 0 Å². The van der Waals surface area contributed by atoms with E-state index in [1.54, 1.807) is 16.9 Å². The van der Waals surface area contributed by atoms with E-state index in [1.165, 1.54) is 25.7 Å². The lowest BCUT2D eigenvalue weighted by Crippen LogP contribution is -2.40. The second kappa shape index (κ2) is 7.43. The quantitative estimate of drug-likeness (QED) is 0.764. The number of nitrogens with zero attached hydrogens (tertiary/aromatic N) is 2. The molecule has 1 amide bonds. The first-order valence-corrected chi connectivity index (χ1v) is 10.1. The third-order valence-corrected chi connectivity index (χ3v) is 6.37. The Morgan fingerprint density at radius 1 is 1.31 bits per heavy atom. The van der Waals surface area contributed by atoms with Gasteiger partial charge in [0.2, 0.25) is 0 Å². The fourth-order valence-electron chi connectivity index (χ4n) is 4.52. The predicted molar refractivity (Wildman–Crippen MR) is 103 cm³/mol. The molecule has 2 aromatic rings. The molecule has 1 aromatic heterocycles. The lowest BCUT2D eigenvalue weighted by molar-refractivity contribution is 0.0908. The zero-order chi connectivity index (χ0) is 18.1. The van der Waals surface area contributed by atoms with E-state index in [2.05, 4.69) is 33.3 Å². The molecule has 1 N–H and O–H groups in total. The summed E-state index contributed by atoms with van der Waals surface area (Å²) in [5, 5.41) is 7.50. The lowest BCUT2D eigenvalue weighted by atomic mass is 9.84. The second-order valence-corrected chi connectivity index (χ2v) is 8.48. The van der Waals surface area contributed by atoms with E-state index in [0.29, 0.717) is 11.6 Å². The summed E-state index contributed by atoms with van der Waals surface area (Å²) < 4.78 is 8.33. The Morgan fingerprint density at radius 2 is 2.12 bits per heavy atom. The van der Waals surface area contributed by atoms with Gasteiger partial charge in [-0.25, -0.2) is 4.68 Å². The molecule has 4 unspecified atom stereocenters. The molecule has 0 aliphatic heterocycles. The van der Waals surface area contributed by atoms with E-state index < -0.39 is 0 Å². The number of carbonyl (C=O) groups is 1. The zero-order valence-electron chi connectivity index (χ0n) is 14.9. The van der Waals surface area contributed by atoms with Crippen LogP contribution in [0, 0.1) is 17.8 Å². The Balaban J connectivity index is 1.30. The van der Waals surface area contributed by atoms with Crippen LogP contribution in [0.15, 0.2) is 41.0 Å². The van der Waals surface area contributed by atoms with Crippen molar-refractivity contribution in [3.8, 4) is 5.75 Å². The summed E-state index contributed by atoms with van der Waals surface area (Å²) in [7, 11) is 0. The molecule has 138 valence electrons. The third-order valence-electron chi connectivity index (χ3n) is 5.84. The lowest BCUT2D eigenvalue weighted by Gasteiger charge is -2.28. The number of nitrogens with one attached hydrogen (secondary N) is 1. The van der Waals surface area contributed by atoms with Gasteiger partial charge in [-0.05, 0) is 74.3 Å². The minimum atomic E-state index is -0.0948. The number of fused-ring (bicyclic) bond motifs is 2. The molecule has 26 heavy (non-hydrogen) atoms. The molecular weight excluding hydrogens is 394 g/mol. The van der Waals surface area contributed by atoms with Gasteiger partial charge in [-0.3, -0.25) is 4.79 Å². The van der Waals surface area contributed by atoms with Crippen molar-refractivity contribution in [2.75, 3.05) is 0 Å². The highest BCUT2D eigenvalue weighted by atomic mass is 79.9. The molecule has 0 radical (unpaired) electrons. The van der Waals surface area contributed by atoms with Crippen LogP contribution in [0.3, 0.4) is 0 Å². The summed E-state index contributed by atoms with van der Waals surface area (Å²) in [5.41, 5.74) is 0.444. The Hall–Kier alpha value is -1.82. The molecule has 4 atom stereocenters. The Kier molecular flexibility index (Phi) is 5.02. The summed E-state index contributed by atoms with van der Waals surface area (Å²) in [6.07, 6.45) is 7.10. The van der Waals surface area contributed by atoms with Crippen molar-refractivity contribution in [3.05, 3.63) is 46.7 Å². The first kappa shape index (κ1) is 17.6. The number of ether oxygens (including phenoxy) is 1. The maximum Gasteiger partial charge on any atom is 0.271 e. The smallest absolute Gasteiger partial charge is 0.271 e. The van der Waals surface area contributed by atoms with Gasteiger partial charge in [0.25, 0.3) is 5.91 Å². The van der Waals surface area contributed by atoms with Crippen molar-refractivity contribution in [1.82, 2.24) is 15.1 Å². The van der Waals surface area contributed by atoms with Crippen molar-refractivity contribution in [2.45, 2.75) is 45.4 Å². The molecule has 2 aliphatic rings. The van der Waals surface area contributed by atoms with Crippen LogP contribution in [-0.2, 0) is 6.73 Å². The molecule has 4 rings (SSSR count). The van der Waals surface area contributed by atoms with Crippen molar-refractivity contribution < 1.29 is 9.53 Å². The van der Waals surface area contributed by atoms with E-state index in [1.807, 2.05) is 24.3 Å². The Labute approximate surface area is 162 Å². The topological polar surface area (TPSA) is 56.2 Å². The zero-order valence-corrected chi connectivity index (χ0v) is 16.5. The fraction of sp³-hybridized carbons (Fsp3) is 0.500. The highest BCUT2D eigenvalue weighted by Crippen LogP contribution is 2.49. The van der Waals surface area contributed by atoms with Crippen LogP contribution >= 0.6 is 15.9 Å². The molecule has 2 aliphatic carbocycles. The average molecular weight is 418 g/mol. The van der Waals surface area contributed by atoms with Gasteiger partial charge < -0.3 is 10.1 Å². The average Bonchev–Trinajstić information content (AvgIpc) is 3.37. The summed E-state index contributed by atoms with van der Waals surface area (Å²) in [4.78, 5) is 12.5. The minimum absolute atomic E-state index is 0.0948. The molecule has 2 saturated carbocycles. The summed E-state index contributed by atoms with van der Waals surface area (Å²) >= 11 is 3.40. The van der Waals surface area contributed by atoms with Crippen molar-refractivity contribution in [3.63, 3.8) is 0 Å². The molecule has 2 bridgehead atoms.